The summed E-state index contributed by atoms with van der Waals surface area (Å²) < 4.78 is 5.44. The molecule has 0 heterocycles. The fraction of sp³-hybridized carbons (Fsp3) is 0.643. The summed E-state index contributed by atoms with van der Waals surface area (Å²) in [6.45, 7) is 5.59. The monoisotopic (exact) mass is 505 g/mol. The second kappa shape index (κ2) is 16.7. The van der Waals surface area contributed by atoms with E-state index >= 15 is 0 Å². The Morgan fingerprint density at radius 1 is 0.861 bits per heavy atom. The minimum absolute atomic E-state index is 0.116. The highest BCUT2D eigenvalue weighted by molar-refractivity contribution is 5.89. The Morgan fingerprint density at radius 3 is 2.00 bits per heavy atom. The fourth-order valence-corrected chi connectivity index (χ4v) is 3.83. The minimum atomic E-state index is -1.21. The SMILES string of the molecule is CC(C)(C)OC(=O)c1cccc(CCCCCCCCCCCC(=O)N[C@@H](CCC(=O)O)C(=O)O)c1. The number of carbonyl (C=O) groups is 4. The van der Waals surface area contributed by atoms with E-state index in [4.69, 9.17) is 14.9 Å². The quantitative estimate of drug-likeness (QED) is 0.177. The number of ether oxygens (including phenoxy) is 1. The lowest BCUT2D eigenvalue weighted by Gasteiger charge is -2.19. The van der Waals surface area contributed by atoms with Crippen molar-refractivity contribution in [2.24, 2.45) is 0 Å². The number of carboxylic acids is 2. The zero-order valence-corrected chi connectivity index (χ0v) is 22.0. The molecule has 0 unspecified atom stereocenters. The van der Waals surface area contributed by atoms with Crippen LogP contribution in [0.4, 0.5) is 0 Å². The molecule has 1 rings (SSSR count). The first-order chi connectivity index (χ1) is 17.0. The molecule has 1 atom stereocenters. The molecule has 0 radical (unpaired) electrons. The number of benzene rings is 1. The predicted molar refractivity (Wildman–Crippen MR) is 138 cm³/mol. The Balaban J connectivity index is 2.08. The van der Waals surface area contributed by atoms with Gasteiger partial charge in [-0.15, -0.1) is 0 Å². The van der Waals surface area contributed by atoms with Crippen molar-refractivity contribution in [2.45, 2.75) is 116 Å². The van der Waals surface area contributed by atoms with Gasteiger partial charge in [-0.2, -0.15) is 0 Å². The molecule has 0 aliphatic carbocycles. The highest BCUT2D eigenvalue weighted by Gasteiger charge is 2.20. The molecule has 8 heteroatoms. The summed E-state index contributed by atoms with van der Waals surface area (Å²) in [6.07, 6.45) is 10.2. The van der Waals surface area contributed by atoms with Crippen LogP contribution in [0.3, 0.4) is 0 Å². The van der Waals surface area contributed by atoms with E-state index < -0.39 is 23.6 Å². The van der Waals surface area contributed by atoms with Crippen LogP contribution in [0.1, 0.15) is 114 Å². The Hall–Kier alpha value is -2.90. The first-order valence-electron chi connectivity index (χ1n) is 13.0. The number of hydrogen-bond acceptors (Lipinski definition) is 5. The van der Waals surface area contributed by atoms with Crippen LogP contribution in [-0.2, 0) is 25.5 Å². The van der Waals surface area contributed by atoms with Gasteiger partial charge in [0, 0.05) is 12.8 Å². The second-order valence-corrected chi connectivity index (χ2v) is 10.3. The molecule has 3 N–H and O–H groups in total. The normalized spacial score (nSPS) is 12.1. The van der Waals surface area contributed by atoms with Crippen LogP contribution < -0.4 is 5.32 Å². The number of nitrogens with one attached hydrogen (secondary N) is 1. The number of carbonyl (C=O) groups excluding carboxylic acids is 2. The second-order valence-electron chi connectivity index (χ2n) is 10.3. The molecule has 0 saturated heterocycles. The molecule has 202 valence electrons. The van der Waals surface area contributed by atoms with Gasteiger partial charge in [0.1, 0.15) is 11.6 Å². The third kappa shape index (κ3) is 15.2. The standard InChI is InChI=1S/C28H43NO7/c1-28(2,3)36-27(35)22-16-13-15-21(20-22)14-11-9-7-5-4-6-8-10-12-17-24(30)29-23(26(33)34)18-19-25(31)32/h13,15-16,20,23H,4-12,14,17-19H2,1-3H3,(H,29,30)(H,31,32)(H,33,34)/t23-/m0/s1. The van der Waals surface area contributed by atoms with Crippen molar-refractivity contribution in [3.05, 3.63) is 35.4 Å². The van der Waals surface area contributed by atoms with Crippen LogP contribution in [0.2, 0.25) is 0 Å². The molecule has 8 nitrogen and oxygen atoms in total. The van der Waals surface area contributed by atoms with E-state index in [1.807, 2.05) is 39.0 Å². The fourth-order valence-electron chi connectivity index (χ4n) is 3.83. The van der Waals surface area contributed by atoms with Gasteiger partial charge in [0.05, 0.1) is 5.56 Å². The lowest BCUT2D eigenvalue weighted by atomic mass is 10.0. The van der Waals surface area contributed by atoms with E-state index in [1.165, 1.54) is 12.8 Å². The molecule has 0 bridgehead atoms. The lowest BCUT2D eigenvalue weighted by Crippen LogP contribution is -2.41. The third-order valence-electron chi connectivity index (χ3n) is 5.71. The lowest BCUT2D eigenvalue weighted by molar-refractivity contribution is -0.143. The molecule has 36 heavy (non-hydrogen) atoms. The zero-order chi connectivity index (χ0) is 27.0. The van der Waals surface area contributed by atoms with E-state index in [9.17, 15) is 19.2 Å². The number of esters is 1. The minimum Gasteiger partial charge on any atom is -0.481 e. The van der Waals surface area contributed by atoms with Gasteiger partial charge >= 0.3 is 17.9 Å². The summed E-state index contributed by atoms with van der Waals surface area (Å²) in [5.74, 6) is -2.92. The molecule has 1 aromatic rings. The summed E-state index contributed by atoms with van der Waals surface area (Å²) in [6, 6.07) is 6.52. The highest BCUT2D eigenvalue weighted by atomic mass is 16.6. The van der Waals surface area contributed by atoms with Crippen LogP contribution in [0.15, 0.2) is 24.3 Å². The molecule has 0 aromatic heterocycles. The summed E-state index contributed by atoms with van der Waals surface area (Å²) in [5.41, 5.74) is 1.25. The number of amides is 1. The van der Waals surface area contributed by atoms with Crippen molar-refractivity contribution >= 4 is 23.8 Å². The Labute approximate surface area is 214 Å². The first-order valence-corrected chi connectivity index (χ1v) is 13.0. The van der Waals surface area contributed by atoms with Gasteiger partial charge in [-0.3, -0.25) is 9.59 Å². The van der Waals surface area contributed by atoms with Gasteiger partial charge in [-0.1, -0.05) is 57.1 Å². The number of hydrogen-bond donors (Lipinski definition) is 3. The van der Waals surface area contributed by atoms with Gasteiger partial charge in [0.2, 0.25) is 5.91 Å². The van der Waals surface area contributed by atoms with E-state index in [-0.39, 0.29) is 31.1 Å². The molecule has 0 aliphatic rings. The number of aliphatic carboxylic acids is 2. The average Bonchev–Trinajstić information content (AvgIpc) is 2.79. The number of carboxylic acid groups (broad SMARTS) is 2. The maximum atomic E-state index is 12.2. The van der Waals surface area contributed by atoms with Gasteiger partial charge in [0.25, 0.3) is 0 Å². The van der Waals surface area contributed by atoms with E-state index in [0.29, 0.717) is 12.0 Å². The molecular formula is C28H43NO7. The maximum absolute atomic E-state index is 12.2. The smallest absolute Gasteiger partial charge is 0.338 e. The topological polar surface area (TPSA) is 130 Å². The predicted octanol–water partition coefficient (Wildman–Crippen LogP) is 5.52. The molecule has 1 amide bonds. The Morgan fingerprint density at radius 2 is 1.44 bits per heavy atom. The summed E-state index contributed by atoms with van der Waals surface area (Å²) in [5, 5.41) is 20.2. The summed E-state index contributed by atoms with van der Waals surface area (Å²) >= 11 is 0. The van der Waals surface area contributed by atoms with E-state index in [1.54, 1.807) is 6.07 Å². The molecular weight excluding hydrogens is 462 g/mol. The molecule has 0 spiro atoms. The third-order valence-corrected chi connectivity index (χ3v) is 5.71. The van der Waals surface area contributed by atoms with E-state index in [0.717, 1.165) is 50.5 Å². The zero-order valence-electron chi connectivity index (χ0n) is 22.0. The van der Waals surface area contributed by atoms with Gasteiger partial charge in [0.15, 0.2) is 0 Å². The molecule has 1 aromatic carbocycles. The van der Waals surface area contributed by atoms with Gasteiger partial charge < -0.3 is 20.3 Å². The van der Waals surface area contributed by atoms with Crippen molar-refractivity contribution in [1.82, 2.24) is 5.32 Å². The van der Waals surface area contributed by atoms with Crippen molar-refractivity contribution in [2.75, 3.05) is 0 Å². The Bertz CT molecular complexity index is 845. The largest absolute Gasteiger partial charge is 0.481 e. The Kier molecular flexibility index (Phi) is 14.5. The van der Waals surface area contributed by atoms with Crippen molar-refractivity contribution in [3.8, 4) is 0 Å². The first kappa shape index (κ1) is 31.1. The molecule has 0 fully saturated rings. The van der Waals surface area contributed by atoms with Crippen molar-refractivity contribution in [3.63, 3.8) is 0 Å². The van der Waals surface area contributed by atoms with Gasteiger partial charge in [-0.05, 0) is 64.2 Å². The van der Waals surface area contributed by atoms with Crippen LogP contribution in [0.25, 0.3) is 0 Å². The highest BCUT2D eigenvalue weighted by Crippen LogP contribution is 2.16. The molecule has 0 aliphatic heterocycles. The van der Waals surface area contributed by atoms with E-state index in [2.05, 4.69) is 5.32 Å². The molecule has 0 saturated carbocycles. The summed E-state index contributed by atoms with van der Waals surface area (Å²) in [7, 11) is 0. The summed E-state index contributed by atoms with van der Waals surface area (Å²) in [4.78, 5) is 45.8. The number of unbranched alkanes of at least 4 members (excludes halogenated alkanes) is 8. The maximum Gasteiger partial charge on any atom is 0.338 e. The van der Waals surface area contributed by atoms with Crippen molar-refractivity contribution in [1.29, 1.82) is 0 Å². The van der Waals surface area contributed by atoms with Crippen LogP contribution in [0.5, 0.6) is 0 Å². The van der Waals surface area contributed by atoms with Crippen molar-refractivity contribution < 1.29 is 34.1 Å². The van der Waals surface area contributed by atoms with Crippen LogP contribution in [-0.4, -0.2) is 45.7 Å². The average molecular weight is 506 g/mol. The van der Waals surface area contributed by atoms with Crippen LogP contribution in [0, 0.1) is 0 Å². The van der Waals surface area contributed by atoms with Crippen LogP contribution >= 0.6 is 0 Å². The number of aryl methyl sites for hydroxylation is 1. The van der Waals surface area contributed by atoms with Gasteiger partial charge in [-0.25, -0.2) is 9.59 Å². The number of rotatable bonds is 18.